The molecule has 0 aromatic heterocycles. The maximum atomic E-state index is 12.7. The molecular formula is C23H28N2O2S. The average Bonchev–Trinajstić information content (AvgIpc) is 2.93. The number of hydrogen-bond acceptors (Lipinski definition) is 3. The molecule has 148 valence electrons. The molecule has 0 bridgehead atoms. The lowest BCUT2D eigenvalue weighted by Gasteiger charge is -2.17. The lowest BCUT2D eigenvalue weighted by Crippen LogP contribution is -2.34. The van der Waals surface area contributed by atoms with E-state index in [-0.39, 0.29) is 17.9 Å². The summed E-state index contributed by atoms with van der Waals surface area (Å²) in [4.78, 5) is 26.4. The largest absolute Gasteiger partial charge is 0.349 e. The first-order chi connectivity index (χ1) is 13.5. The zero-order valence-electron chi connectivity index (χ0n) is 16.6. The van der Waals surface area contributed by atoms with Crippen molar-refractivity contribution in [2.75, 3.05) is 5.32 Å². The summed E-state index contributed by atoms with van der Waals surface area (Å²) < 4.78 is 0. The van der Waals surface area contributed by atoms with Gasteiger partial charge < -0.3 is 10.6 Å². The molecule has 0 radical (unpaired) electrons. The molecule has 1 aliphatic rings. The van der Waals surface area contributed by atoms with Gasteiger partial charge in [-0.05, 0) is 50.1 Å². The third kappa shape index (κ3) is 5.86. The Balaban J connectivity index is 1.77. The molecule has 0 heterocycles. The van der Waals surface area contributed by atoms with Crippen LogP contribution in [0.2, 0.25) is 0 Å². The van der Waals surface area contributed by atoms with E-state index in [4.69, 9.17) is 0 Å². The van der Waals surface area contributed by atoms with Crippen LogP contribution in [0.25, 0.3) is 0 Å². The van der Waals surface area contributed by atoms with Crippen molar-refractivity contribution in [3.63, 3.8) is 0 Å². The van der Waals surface area contributed by atoms with Gasteiger partial charge in [0, 0.05) is 28.3 Å². The van der Waals surface area contributed by atoms with Gasteiger partial charge in [-0.2, -0.15) is 0 Å². The topological polar surface area (TPSA) is 58.2 Å². The summed E-state index contributed by atoms with van der Waals surface area (Å²) in [6.45, 7) is 3.54. The molecule has 1 saturated carbocycles. The minimum absolute atomic E-state index is 0.0645. The third-order valence-corrected chi connectivity index (χ3v) is 6.08. The number of amides is 2. The molecule has 1 aliphatic carbocycles. The fraction of sp³-hybridized carbons (Fsp3) is 0.391. The summed E-state index contributed by atoms with van der Waals surface area (Å²) in [7, 11) is 0. The first-order valence-corrected chi connectivity index (χ1v) is 10.8. The lowest BCUT2D eigenvalue weighted by molar-refractivity contribution is -0.114. The Morgan fingerprint density at radius 3 is 2.29 bits per heavy atom. The fourth-order valence-corrected chi connectivity index (χ4v) is 4.36. The molecule has 3 rings (SSSR count). The summed E-state index contributed by atoms with van der Waals surface area (Å²) >= 11 is 1.58. The van der Waals surface area contributed by atoms with Crippen molar-refractivity contribution >= 4 is 29.3 Å². The van der Waals surface area contributed by atoms with Gasteiger partial charge in [-0.25, -0.2) is 0 Å². The second-order valence-corrected chi connectivity index (χ2v) is 8.58. The number of aryl methyl sites for hydroxylation is 1. The van der Waals surface area contributed by atoms with Gasteiger partial charge in [-0.3, -0.25) is 9.59 Å². The zero-order valence-corrected chi connectivity index (χ0v) is 17.4. The average molecular weight is 397 g/mol. The summed E-state index contributed by atoms with van der Waals surface area (Å²) in [6.07, 6.45) is 6.95. The maximum Gasteiger partial charge on any atom is 0.251 e. The van der Waals surface area contributed by atoms with Crippen LogP contribution in [0.4, 0.5) is 5.69 Å². The predicted molar refractivity (Wildman–Crippen MR) is 115 cm³/mol. The lowest BCUT2D eigenvalue weighted by atomic mass is 10.1. The quantitative estimate of drug-likeness (QED) is 0.651. The second kappa shape index (κ2) is 9.78. The second-order valence-electron chi connectivity index (χ2n) is 7.47. The van der Waals surface area contributed by atoms with Crippen LogP contribution in [-0.4, -0.2) is 17.9 Å². The molecule has 4 nitrogen and oxygen atoms in total. The summed E-state index contributed by atoms with van der Waals surface area (Å²) in [5, 5.41) is 6.05. The third-order valence-electron chi connectivity index (χ3n) is 4.99. The van der Waals surface area contributed by atoms with Crippen LogP contribution < -0.4 is 10.6 Å². The minimum atomic E-state index is -0.146. The van der Waals surface area contributed by atoms with Crippen LogP contribution in [0, 0.1) is 6.92 Å². The molecule has 2 aromatic carbocycles. The molecule has 2 N–H and O–H groups in total. The summed E-state index contributed by atoms with van der Waals surface area (Å²) in [5.41, 5.74) is 2.46. The first-order valence-electron chi connectivity index (χ1n) is 9.98. The van der Waals surface area contributed by atoms with Crippen LogP contribution >= 0.6 is 11.8 Å². The number of carbonyl (C=O) groups is 2. The Labute approximate surface area is 171 Å². The summed E-state index contributed by atoms with van der Waals surface area (Å²) in [5.74, 6) is -0.211. The molecule has 1 fully saturated rings. The smallest absolute Gasteiger partial charge is 0.251 e. The normalized spacial score (nSPS) is 14.9. The van der Waals surface area contributed by atoms with E-state index in [1.165, 1.54) is 38.2 Å². The van der Waals surface area contributed by atoms with Gasteiger partial charge in [-0.15, -0.1) is 0 Å². The Bertz CT molecular complexity index is 825. The van der Waals surface area contributed by atoms with Crippen LogP contribution in [0.15, 0.2) is 52.3 Å². The minimum Gasteiger partial charge on any atom is -0.349 e. The van der Waals surface area contributed by atoms with Gasteiger partial charge in [0.1, 0.15) is 0 Å². The van der Waals surface area contributed by atoms with E-state index >= 15 is 0 Å². The molecule has 2 amide bonds. The van der Waals surface area contributed by atoms with E-state index in [1.54, 1.807) is 17.8 Å². The standard InChI is InChI=1S/C23H28N2O2S/c1-16-9-12-20(13-10-16)28-22-14-11-18(15-21(22)24-17(2)26)23(27)25-19-7-5-3-4-6-8-19/h9-15,19H,3-8H2,1-2H3,(H,24,26)(H,25,27). The number of rotatable bonds is 5. The van der Waals surface area contributed by atoms with Gasteiger partial charge in [0.05, 0.1) is 5.69 Å². The molecule has 2 aromatic rings. The summed E-state index contributed by atoms with van der Waals surface area (Å²) in [6, 6.07) is 14.0. The highest BCUT2D eigenvalue weighted by molar-refractivity contribution is 7.99. The number of benzene rings is 2. The van der Waals surface area contributed by atoms with Gasteiger partial charge in [0.25, 0.3) is 5.91 Å². The number of hydrogen-bond donors (Lipinski definition) is 2. The van der Waals surface area contributed by atoms with Gasteiger partial charge in [0.2, 0.25) is 5.91 Å². The van der Waals surface area contributed by atoms with Crippen LogP contribution in [0.3, 0.4) is 0 Å². The fourth-order valence-electron chi connectivity index (χ4n) is 3.47. The highest BCUT2D eigenvalue weighted by Gasteiger charge is 2.17. The van der Waals surface area contributed by atoms with E-state index in [0.29, 0.717) is 11.3 Å². The van der Waals surface area contributed by atoms with E-state index in [0.717, 1.165) is 22.6 Å². The van der Waals surface area contributed by atoms with Crippen molar-refractivity contribution in [1.29, 1.82) is 0 Å². The van der Waals surface area contributed by atoms with Gasteiger partial charge >= 0.3 is 0 Å². The SMILES string of the molecule is CC(=O)Nc1cc(C(=O)NC2CCCCCC2)ccc1Sc1ccc(C)cc1. The van der Waals surface area contributed by atoms with Gasteiger partial charge in [0.15, 0.2) is 0 Å². The molecule has 5 heteroatoms. The molecular weight excluding hydrogens is 368 g/mol. The van der Waals surface area contributed by atoms with Crippen molar-refractivity contribution in [3.8, 4) is 0 Å². The zero-order chi connectivity index (χ0) is 19.9. The van der Waals surface area contributed by atoms with E-state index in [9.17, 15) is 9.59 Å². The predicted octanol–water partition coefficient (Wildman–Crippen LogP) is 5.56. The van der Waals surface area contributed by atoms with Crippen LogP contribution in [0.5, 0.6) is 0 Å². The Morgan fingerprint density at radius 2 is 1.64 bits per heavy atom. The van der Waals surface area contributed by atoms with E-state index in [1.807, 2.05) is 12.1 Å². The Hall–Kier alpha value is -2.27. The van der Waals surface area contributed by atoms with Crippen LogP contribution in [0.1, 0.15) is 61.4 Å². The maximum absolute atomic E-state index is 12.7. The van der Waals surface area contributed by atoms with Crippen molar-refractivity contribution in [3.05, 3.63) is 53.6 Å². The van der Waals surface area contributed by atoms with E-state index < -0.39 is 0 Å². The molecule has 28 heavy (non-hydrogen) atoms. The molecule has 0 atom stereocenters. The first kappa shape index (κ1) is 20.5. The Morgan fingerprint density at radius 1 is 0.964 bits per heavy atom. The van der Waals surface area contributed by atoms with Gasteiger partial charge in [-0.1, -0.05) is 55.1 Å². The van der Waals surface area contributed by atoms with E-state index in [2.05, 4.69) is 41.8 Å². The number of anilines is 1. The number of nitrogens with one attached hydrogen (secondary N) is 2. The van der Waals surface area contributed by atoms with Crippen LogP contribution in [-0.2, 0) is 4.79 Å². The Kier molecular flexibility index (Phi) is 7.15. The van der Waals surface area contributed by atoms with Crippen molar-refractivity contribution in [2.45, 2.75) is 68.2 Å². The molecule has 0 unspecified atom stereocenters. The molecule has 0 saturated heterocycles. The van der Waals surface area contributed by atoms with Crippen molar-refractivity contribution in [2.24, 2.45) is 0 Å². The van der Waals surface area contributed by atoms with Crippen molar-refractivity contribution < 1.29 is 9.59 Å². The highest BCUT2D eigenvalue weighted by atomic mass is 32.2. The monoisotopic (exact) mass is 396 g/mol. The highest BCUT2D eigenvalue weighted by Crippen LogP contribution is 2.34. The molecule has 0 aliphatic heterocycles. The van der Waals surface area contributed by atoms with Crippen molar-refractivity contribution in [1.82, 2.24) is 5.32 Å². The number of carbonyl (C=O) groups excluding carboxylic acids is 2. The molecule has 0 spiro atoms.